The van der Waals surface area contributed by atoms with E-state index in [1.807, 2.05) is 12.1 Å². The molecule has 1 fully saturated rings. The lowest BCUT2D eigenvalue weighted by Gasteiger charge is -2.32. The van der Waals surface area contributed by atoms with Gasteiger partial charge in [-0.25, -0.2) is 9.59 Å². The Morgan fingerprint density at radius 2 is 2.10 bits per heavy atom. The highest BCUT2D eigenvalue weighted by atomic mass is 35.5. The summed E-state index contributed by atoms with van der Waals surface area (Å²) in [4.78, 5) is 24.4. The Morgan fingerprint density at radius 3 is 2.76 bits per heavy atom. The first-order valence-electron chi connectivity index (χ1n) is 6.67. The number of nitrogens with one attached hydrogen (secondary N) is 1. The Hall–Kier alpha value is -1.79. The van der Waals surface area contributed by atoms with Crippen molar-refractivity contribution in [3.63, 3.8) is 0 Å². The zero-order valence-electron chi connectivity index (χ0n) is 11.4. The predicted octanol–water partition coefficient (Wildman–Crippen LogP) is 1.38. The molecule has 0 saturated carbocycles. The molecule has 0 bridgehead atoms. The third-order valence-electron chi connectivity index (χ3n) is 3.28. The molecule has 2 N–H and O–H groups in total. The summed E-state index contributed by atoms with van der Waals surface area (Å²) in [5, 5.41) is 12.5. The minimum atomic E-state index is -1.05. The zero-order valence-corrected chi connectivity index (χ0v) is 12.2. The van der Waals surface area contributed by atoms with E-state index < -0.39 is 12.0 Å². The van der Waals surface area contributed by atoms with Crippen LogP contribution in [0.5, 0.6) is 0 Å². The topological polar surface area (TPSA) is 78.9 Å². The molecule has 6 nitrogen and oxygen atoms in total. The van der Waals surface area contributed by atoms with Gasteiger partial charge >= 0.3 is 12.0 Å². The summed E-state index contributed by atoms with van der Waals surface area (Å²) in [7, 11) is 0. The minimum Gasteiger partial charge on any atom is -0.480 e. The summed E-state index contributed by atoms with van der Waals surface area (Å²) in [5.41, 5.74) is 1.05. The molecule has 7 heteroatoms. The number of rotatable bonds is 4. The van der Waals surface area contributed by atoms with E-state index in [9.17, 15) is 9.59 Å². The molecule has 1 atom stereocenters. The highest BCUT2D eigenvalue weighted by molar-refractivity contribution is 6.30. The number of carboxylic acids is 1. The van der Waals surface area contributed by atoms with Crippen molar-refractivity contribution in [2.24, 2.45) is 0 Å². The molecule has 0 radical (unpaired) electrons. The number of benzene rings is 1. The number of hydrogen-bond acceptors (Lipinski definition) is 3. The monoisotopic (exact) mass is 312 g/mol. The van der Waals surface area contributed by atoms with Gasteiger partial charge < -0.3 is 20.1 Å². The summed E-state index contributed by atoms with van der Waals surface area (Å²) in [6.07, 6.45) is 0.658. The van der Waals surface area contributed by atoms with Crippen LogP contribution >= 0.6 is 11.6 Å². The van der Waals surface area contributed by atoms with Crippen molar-refractivity contribution in [3.05, 3.63) is 34.9 Å². The van der Waals surface area contributed by atoms with E-state index in [2.05, 4.69) is 5.32 Å². The van der Waals surface area contributed by atoms with Gasteiger partial charge in [0.2, 0.25) is 0 Å². The first-order valence-corrected chi connectivity index (χ1v) is 7.05. The number of morpholine rings is 1. The highest BCUT2D eigenvalue weighted by Gasteiger charge is 2.32. The molecule has 1 aromatic carbocycles. The maximum absolute atomic E-state index is 12.0. The van der Waals surface area contributed by atoms with Crippen LogP contribution in [0.2, 0.25) is 5.02 Å². The number of urea groups is 1. The first-order chi connectivity index (χ1) is 10.1. The van der Waals surface area contributed by atoms with Gasteiger partial charge in [0.25, 0.3) is 0 Å². The Kier molecular flexibility index (Phi) is 5.41. The summed E-state index contributed by atoms with van der Waals surface area (Å²) in [6, 6.07) is 6.07. The Bertz CT molecular complexity index is 506. The lowest BCUT2D eigenvalue weighted by atomic mass is 10.1. The van der Waals surface area contributed by atoms with Crippen molar-refractivity contribution in [3.8, 4) is 0 Å². The zero-order chi connectivity index (χ0) is 15.2. The third-order valence-corrected chi connectivity index (χ3v) is 3.53. The average molecular weight is 313 g/mol. The number of ether oxygens (including phenoxy) is 1. The van der Waals surface area contributed by atoms with Crippen LogP contribution in [0.3, 0.4) is 0 Å². The van der Waals surface area contributed by atoms with Gasteiger partial charge in [0.15, 0.2) is 6.04 Å². The van der Waals surface area contributed by atoms with Crippen molar-refractivity contribution in [2.45, 2.75) is 12.5 Å². The van der Waals surface area contributed by atoms with Gasteiger partial charge in [-0.15, -0.1) is 0 Å². The summed E-state index contributed by atoms with van der Waals surface area (Å²) in [5.74, 6) is -1.05. The smallest absolute Gasteiger partial charge is 0.328 e. The molecule has 0 aliphatic carbocycles. The van der Waals surface area contributed by atoms with Gasteiger partial charge in [-0.1, -0.05) is 23.7 Å². The van der Waals surface area contributed by atoms with Crippen LogP contribution in [0.15, 0.2) is 24.3 Å². The van der Waals surface area contributed by atoms with Gasteiger partial charge in [-0.05, 0) is 24.1 Å². The highest BCUT2D eigenvalue weighted by Crippen LogP contribution is 2.10. The van der Waals surface area contributed by atoms with E-state index in [0.29, 0.717) is 24.6 Å². The van der Waals surface area contributed by atoms with E-state index in [1.165, 1.54) is 4.90 Å². The van der Waals surface area contributed by atoms with E-state index in [4.69, 9.17) is 21.4 Å². The fourth-order valence-corrected chi connectivity index (χ4v) is 2.24. The normalized spacial score (nSPS) is 18.3. The van der Waals surface area contributed by atoms with Gasteiger partial charge in [0.05, 0.1) is 13.2 Å². The van der Waals surface area contributed by atoms with Crippen molar-refractivity contribution in [2.75, 3.05) is 26.3 Å². The number of carboxylic acid groups (broad SMARTS) is 1. The molecule has 0 aromatic heterocycles. The van der Waals surface area contributed by atoms with Crippen molar-refractivity contribution >= 4 is 23.6 Å². The third kappa shape index (κ3) is 4.34. The van der Waals surface area contributed by atoms with Crippen molar-refractivity contribution in [1.82, 2.24) is 10.2 Å². The van der Waals surface area contributed by atoms with Gasteiger partial charge in [-0.3, -0.25) is 0 Å². The van der Waals surface area contributed by atoms with Crippen LogP contribution in [-0.2, 0) is 16.0 Å². The number of amides is 2. The van der Waals surface area contributed by atoms with Gasteiger partial charge in [-0.2, -0.15) is 0 Å². The number of carbonyl (C=O) groups excluding carboxylic acids is 1. The average Bonchev–Trinajstić information content (AvgIpc) is 2.49. The summed E-state index contributed by atoms with van der Waals surface area (Å²) >= 11 is 5.80. The Balaban J connectivity index is 1.83. The second kappa shape index (κ2) is 7.28. The molecular formula is C14H17ClN2O4. The number of nitrogens with zero attached hydrogens (tertiary/aromatic N) is 1. The van der Waals surface area contributed by atoms with Gasteiger partial charge in [0, 0.05) is 18.1 Å². The Morgan fingerprint density at radius 1 is 1.38 bits per heavy atom. The van der Waals surface area contributed by atoms with E-state index >= 15 is 0 Å². The molecule has 2 amide bonds. The first kappa shape index (κ1) is 15.6. The minimum absolute atomic E-state index is 0.0277. The fraction of sp³-hybridized carbons (Fsp3) is 0.429. The number of hydrogen-bond donors (Lipinski definition) is 2. The largest absolute Gasteiger partial charge is 0.480 e. The van der Waals surface area contributed by atoms with Crippen LogP contribution in [0, 0.1) is 0 Å². The molecule has 1 saturated heterocycles. The van der Waals surface area contributed by atoms with Crippen LogP contribution in [0.4, 0.5) is 4.79 Å². The lowest BCUT2D eigenvalue weighted by Crippen LogP contribution is -2.55. The molecule has 1 heterocycles. The molecular weight excluding hydrogens is 296 g/mol. The van der Waals surface area contributed by atoms with E-state index in [-0.39, 0.29) is 19.2 Å². The number of carbonyl (C=O) groups is 2. The van der Waals surface area contributed by atoms with Crippen LogP contribution in [0.1, 0.15) is 5.56 Å². The van der Waals surface area contributed by atoms with Crippen LogP contribution in [0.25, 0.3) is 0 Å². The molecule has 114 valence electrons. The second-order valence-electron chi connectivity index (χ2n) is 4.73. The quantitative estimate of drug-likeness (QED) is 0.880. The van der Waals surface area contributed by atoms with Gasteiger partial charge in [0.1, 0.15) is 0 Å². The standard InChI is InChI=1S/C14H17ClN2O4/c15-11-3-1-10(2-4-11)5-6-16-14(20)17-7-8-21-9-12(17)13(18)19/h1-4,12H,5-9H2,(H,16,20)(H,18,19). The summed E-state index contributed by atoms with van der Waals surface area (Å²) in [6.45, 7) is 1.10. The molecule has 0 spiro atoms. The molecule has 21 heavy (non-hydrogen) atoms. The SMILES string of the molecule is O=C(O)C1COCCN1C(=O)NCCc1ccc(Cl)cc1. The van der Waals surface area contributed by atoms with Crippen LogP contribution in [-0.4, -0.2) is 54.4 Å². The Labute approximate surface area is 127 Å². The summed E-state index contributed by atoms with van der Waals surface area (Å²) < 4.78 is 5.09. The van der Waals surface area contributed by atoms with Crippen LogP contribution < -0.4 is 5.32 Å². The maximum atomic E-state index is 12.0. The lowest BCUT2D eigenvalue weighted by molar-refractivity contribution is -0.147. The number of aliphatic carboxylic acids is 1. The maximum Gasteiger partial charge on any atom is 0.328 e. The van der Waals surface area contributed by atoms with Crippen molar-refractivity contribution in [1.29, 1.82) is 0 Å². The fourth-order valence-electron chi connectivity index (χ4n) is 2.12. The molecule has 1 aliphatic heterocycles. The van der Waals surface area contributed by atoms with E-state index in [1.54, 1.807) is 12.1 Å². The molecule has 1 aromatic rings. The predicted molar refractivity (Wildman–Crippen MR) is 77.5 cm³/mol. The van der Waals surface area contributed by atoms with E-state index in [0.717, 1.165) is 5.56 Å². The second-order valence-corrected chi connectivity index (χ2v) is 5.17. The van der Waals surface area contributed by atoms with Crippen molar-refractivity contribution < 1.29 is 19.4 Å². The molecule has 1 unspecified atom stereocenters. The number of halogens is 1. The molecule has 2 rings (SSSR count). The molecule has 1 aliphatic rings.